The second kappa shape index (κ2) is 5.74. The van der Waals surface area contributed by atoms with Gasteiger partial charge < -0.3 is 15.7 Å². The van der Waals surface area contributed by atoms with Crippen molar-refractivity contribution in [2.45, 2.75) is 19.4 Å². The highest BCUT2D eigenvalue weighted by molar-refractivity contribution is 6.03. The van der Waals surface area contributed by atoms with Crippen LogP contribution >= 0.6 is 0 Å². The fraction of sp³-hybridized carbons (Fsp3) is 0.353. The molecule has 4 heteroatoms. The van der Waals surface area contributed by atoms with Gasteiger partial charge in [0.05, 0.1) is 5.56 Å². The average Bonchev–Trinajstić information content (AvgIpc) is 2.50. The Labute approximate surface area is 124 Å². The van der Waals surface area contributed by atoms with Gasteiger partial charge in [0.15, 0.2) is 0 Å². The van der Waals surface area contributed by atoms with E-state index in [0.717, 1.165) is 24.9 Å². The zero-order valence-electron chi connectivity index (χ0n) is 12.1. The van der Waals surface area contributed by atoms with Crippen LogP contribution in [0.2, 0.25) is 0 Å². The van der Waals surface area contributed by atoms with Gasteiger partial charge in [-0.05, 0) is 36.9 Å². The maximum absolute atomic E-state index is 12.4. The van der Waals surface area contributed by atoms with Crippen LogP contribution < -0.4 is 10.6 Å². The van der Waals surface area contributed by atoms with Crippen LogP contribution in [0, 0.1) is 5.92 Å². The number of carbonyl (C=O) groups is 1. The topological polar surface area (TPSA) is 61.4 Å². The van der Waals surface area contributed by atoms with Crippen molar-refractivity contribution in [2.75, 3.05) is 13.1 Å². The van der Waals surface area contributed by atoms with E-state index in [-0.39, 0.29) is 17.7 Å². The highest BCUT2D eigenvalue weighted by Crippen LogP contribution is 2.28. The molecule has 3 rings (SSSR count). The van der Waals surface area contributed by atoms with Crippen molar-refractivity contribution in [3.8, 4) is 5.75 Å². The van der Waals surface area contributed by atoms with Crippen LogP contribution in [-0.4, -0.2) is 30.1 Å². The molecule has 1 fully saturated rings. The highest BCUT2D eigenvalue weighted by Gasteiger charge is 2.24. The number of benzene rings is 2. The standard InChI is InChI=1S/C17H20N2O2/c1-11-10-18-9-8-15(11)19-17(21)14-7-6-12-4-2-3-5-13(12)16(14)20/h2-7,11,15,18,20H,8-10H2,1H3,(H,19,21). The molecule has 110 valence electrons. The molecule has 21 heavy (non-hydrogen) atoms. The molecule has 0 bridgehead atoms. The number of nitrogens with one attached hydrogen (secondary N) is 2. The number of fused-ring (bicyclic) bond motifs is 1. The van der Waals surface area contributed by atoms with Gasteiger partial charge in [0.25, 0.3) is 5.91 Å². The molecular formula is C17H20N2O2. The molecule has 0 spiro atoms. The Kier molecular flexibility index (Phi) is 3.80. The third-order valence-electron chi connectivity index (χ3n) is 4.25. The van der Waals surface area contributed by atoms with E-state index in [9.17, 15) is 9.90 Å². The summed E-state index contributed by atoms with van der Waals surface area (Å²) in [6.07, 6.45) is 0.918. The molecule has 1 aliphatic heterocycles. The molecule has 1 aliphatic rings. The number of carbonyl (C=O) groups excluding carboxylic acids is 1. The summed E-state index contributed by atoms with van der Waals surface area (Å²) in [5.74, 6) is 0.259. The molecule has 2 aromatic carbocycles. The smallest absolute Gasteiger partial charge is 0.255 e. The van der Waals surface area contributed by atoms with Gasteiger partial charge in [-0.3, -0.25) is 4.79 Å². The first kappa shape index (κ1) is 13.9. The normalized spacial score (nSPS) is 22.1. The Morgan fingerprint density at radius 1 is 1.29 bits per heavy atom. The quantitative estimate of drug-likeness (QED) is 0.793. The summed E-state index contributed by atoms with van der Waals surface area (Å²) >= 11 is 0. The van der Waals surface area contributed by atoms with E-state index in [1.165, 1.54) is 0 Å². The van der Waals surface area contributed by atoms with Gasteiger partial charge in [-0.15, -0.1) is 0 Å². The van der Waals surface area contributed by atoms with Gasteiger partial charge in [-0.2, -0.15) is 0 Å². The van der Waals surface area contributed by atoms with E-state index in [4.69, 9.17) is 0 Å². The Bertz CT molecular complexity index is 669. The van der Waals surface area contributed by atoms with Crippen LogP contribution in [0.3, 0.4) is 0 Å². The van der Waals surface area contributed by atoms with E-state index < -0.39 is 0 Å². The van der Waals surface area contributed by atoms with Crippen molar-refractivity contribution in [2.24, 2.45) is 5.92 Å². The van der Waals surface area contributed by atoms with Crippen molar-refractivity contribution in [3.63, 3.8) is 0 Å². The summed E-state index contributed by atoms with van der Waals surface area (Å²) in [5.41, 5.74) is 0.347. The van der Waals surface area contributed by atoms with E-state index in [0.29, 0.717) is 16.9 Å². The number of rotatable bonds is 2. The maximum atomic E-state index is 12.4. The number of phenolic OH excluding ortho intramolecular Hbond substituents is 1. The monoisotopic (exact) mass is 284 g/mol. The Morgan fingerprint density at radius 2 is 2.10 bits per heavy atom. The van der Waals surface area contributed by atoms with Crippen LogP contribution in [0.4, 0.5) is 0 Å². The van der Waals surface area contributed by atoms with Crippen LogP contribution in [0.1, 0.15) is 23.7 Å². The minimum absolute atomic E-state index is 0.0622. The second-order valence-electron chi connectivity index (χ2n) is 5.73. The molecule has 4 nitrogen and oxygen atoms in total. The summed E-state index contributed by atoms with van der Waals surface area (Å²) in [6.45, 7) is 3.95. The minimum atomic E-state index is -0.197. The number of aromatic hydroxyl groups is 1. The van der Waals surface area contributed by atoms with Gasteiger partial charge in [-0.25, -0.2) is 0 Å². The maximum Gasteiger partial charge on any atom is 0.255 e. The van der Waals surface area contributed by atoms with E-state index in [1.807, 2.05) is 30.3 Å². The Balaban J connectivity index is 1.86. The lowest BCUT2D eigenvalue weighted by Gasteiger charge is -2.30. The Hall–Kier alpha value is -2.07. The van der Waals surface area contributed by atoms with Crippen molar-refractivity contribution >= 4 is 16.7 Å². The summed E-state index contributed by atoms with van der Waals surface area (Å²) in [4.78, 5) is 12.4. The predicted molar refractivity (Wildman–Crippen MR) is 83.5 cm³/mol. The van der Waals surface area contributed by atoms with Crippen LogP contribution in [0.25, 0.3) is 10.8 Å². The summed E-state index contributed by atoms with van der Waals surface area (Å²) in [5, 5.41) is 18.3. The molecule has 0 aromatic heterocycles. The Morgan fingerprint density at radius 3 is 2.90 bits per heavy atom. The highest BCUT2D eigenvalue weighted by atomic mass is 16.3. The second-order valence-corrected chi connectivity index (χ2v) is 5.73. The molecule has 0 saturated carbocycles. The predicted octanol–water partition coefficient (Wildman–Crippen LogP) is 2.27. The third kappa shape index (κ3) is 2.72. The summed E-state index contributed by atoms with van der Waals surface area (Å²) in [7, 11) is 0. The van der Waals surface area contributed by atoms with Gasteiger partial charge in [0.1, 0.15) is 5.75 Å². The number of piperidine rings is 1. The summed E-state index contributed by atoms with van der Waals surface area (Å²) < 4.78 is 0. The lowest BCUT2D eigenvalue weighted by atomic mass is 9.94. The molecule has 1 heterocycles. The van der Waals surface area contributed by atoms with E-state index >= 15 is 0 Å². The third-order valence-corrected chi connectivity index (χ3v) is 4.25. The fourth-order valence-electron chi connectivity index (χ4n) is 2.91. The van der Waals surface area contributed by atoms with Gasteiger partial charge in [-0.1, -0.05) is 37.3 Å². The number of amides is 1. The van der Waals surface area contributed by atoms with Crippen molar-refractivity contribution in [1.82, 2.24) is 10.6 Å². The SMILES string of the molecule is CC1CNCCC1NC(=O)c1ccc2ccccc2c1O. The van der Waals surface area contributed by atoms with E-state index in [1.54, 1.807) is 6.07 Å². The van der Waals surface area contributed by atoms with Crippen LogP contribution in [0.5, 0.6) is 5.75 Å². The number of hydrogen-bond acceptors (Lipinski definition) is 3. The fourth-order valence-corrected chi connectivity index (χ4v) is 2.91. The first-order chi connectivity index (χ1) is 10.2. The van der Waals surface area contributed by atoms with Crippen molar-refractivity contribution in [3.05, 3.63) is 42.0 Å². The average molecular weight is 284 g/mol. The first-order valence-electron chi connectivity index (χ1n) is 7.39. The molecule has 2 aromatic rings. The van der Waals surface area contributed by atoms with E-state index in [2.05, 4.69) is 17.6 Å². The zero-order chi connectivity index (χ0) is 14.8. The minimum Gasteiger partial charge on any atom is -0.506 e. The molecule has 2 unspecified atom stereocenters. The molecule has 3 N–H and O–H groups in total. The van der Waals surface area contributed by atoms with Crippen molar-refractivity contribution in [1.29, 1.82) is 0 Å². The lowest BCUT2D eigenvalue weighted by Crippen LogP contribution is -2.48. The van der Waals surface area contributed by atoms with Crippen LogP contribution in [-0.2, 0) is 0 Å². The molecule has 0 aliphatic carbocycles. The number of phenols is 1. The molecule has 1 saturated heterocycles. The van der Waals surface area contributed by atoms with Gasteiger partial charge in [0.2, 0.25) is 0 Å². The molecule has 0 radical (unpaired) electrons. The van der Waals surface area contributed by atoms with Gasteiger partial charge >= 0.3 is 0 Å². The zero-order valence-corrected chi connectivity index (χ0v) is 12.1. The number of hydrogen-bond donors (Lipinski definition) is 3. The molecular weight excluding hydrogens is 264 g/mol. The lowest BCUT2D eigenvalue weighted by molar-refractivity contribution is 0.0912. The summed E-state index contributed by atoms with van der Waals surface area (Å²) in [6, 6.07) is 11.2. The first-order valence-corrected chi connectivity index (χ1v) is 7.39. The molecule has 1 amide bonds. The van der Waals surface area contributed by atoms with Crippen LogP contribution in [0.15, 0.2) is 36.4 Å². The van der Waals surface area contributed by atoms with Gasteiger partial charge in [0, 0.05) is 11.4 Å². The van der Waals surface area contributed by atoms with Crippen molar-refractivity contribution < 1.29 is 9.90 Å². The largest absolute Gasteiger partial charge is 0.506 e. The molecule has 2 atom stereocenters.